The van der Waals surface area contributed by atoms with Gasteiger partial charge in [0, 0.05) is 6.42 Å². The number of methoxy groups -OCH3 is 2. The van der Waals surface area contributed by atoms with E-state index in [1.165, 1.54) is 14.2 Å². The fourth-order valence-electron chi connectivity index (χ4n) is 2.26. The van der Waals surface area contributed by atoms with Crippen LogP contribution in [0, 0.1) is 0 Å². The molecule has 1 rings (SSSR count). The van der Waals surface area contributed by atoms with E-state index < -0.39 is 5.97 Å². The molecule has 24 heavy (non-hydrogen) atoms. The molecular formula is C18H27NO5. The number of esters is 1. The molecule has 0 aliphatic carbocycles. The van der Waals surface area contributed by atoms with Crippen molar-refractivity contribution in [2.75, 3.05) is 27.4 Å². The highest BCUT2D eigenvalue weighted by atomic mass is 16.5. The average Bonchev–Trinajstić information content (AvgIpc) is 2.61. The van der Waals surface area contributed by atoms with Gasteiger partial charge in [-0.05, 0) is 18.6 Å². The molecule has 0 atom stereocenters. The molecule has 0 aromatic heterocycles. The van der Waals surface area contributed by atoms with Crippen LogP contribution >= 0.6 is 0 Å². The Labute approximate surface area is 143 Å². The van der Waals surface area contributed by atoms with E-state index in [2.05, 4.69) is 12.2 Å². The van der Waals surface area contributed by atoms with Crippen LogP contribution in [0.5, 0.6) is 11.5 Å². The molecule has 0 saturated heterocycles. The molecule has 0 spiro atoms. The van der Waals surface area contributed by atoms with Crippen LogP contribution in [0.15, 0.2) is 18.2 Å². The number of ether oxygens (including phenoxy) is 3. The first kappa shape index (κ1) is 19.8. The van der Waals surface area contributed by atoms with Crippen molar-refractivity contribution in [2.45, 2.75) is 39.0 Å². The summed E-state index contributed by atoms with van der Waals surface area (Å²) in [4.78, 5) is 23.8. The summed E-state index contributed by atoms with van der Waals surface area (Å²) in [6, 6.07) is 5.06. The van der Waals surface area contributed by atoms with Crippen LogP contribution in [0.1, 0.15) is 49.4 Å². The van der Waals surface area contributed by atoms with Crippen LogP contribution in [0.25, 0.3) is 0 Å². The molecule has 1 amide bonds. The van der Waals surface area contributed by atoms with Gasteiger partial charge in [0.15, 0.2) is 0 Å². The zero-order chi connectivity index (χ0) is 17.8. The highest BCUT2D eigenvalue weighted by Crippen LogP contribution is 2.28. The monoisotopic (exact) mass is 337 g/mol. The van der Waals surface area contributed by atoms with Gasteiger partial charge in [-0.3, -0.25) is 4.79 Å². The maximum atomic E-state index is 12.2. The summed E-state index contributed by atoms with van der Waals surface area (Å²) in [6.45, 7) is 2.52. The van der Waals surface area contributed by atoms with Gasteiger partial charge in [0.25, 0.3) is 0 Å². The fourth-order valence-corrected chi connectivity index (χ4v) is 2.26. The van der Waals surface area contributed by atoms with E-state index in [1.807, 2.05) is 0 Å². The zero-order valence-electron chi connectivity index (χ0n) is 14.7. The first-order valence-electron chi connectivity index (χ1n) is 8.28. The number of carbonyl (C=O) groups excluding carboxylic acids is 2. The van der Waals surface area contributed by atoms with Crippen molar-refractivity contribution in [3.05, 3.63) is 23.8 Å². The molecule has 0 aliphatic heterocycles. The Morgan fingerprint density at radius 3 is 2.29 bits per heavy atom. The number of hydrogen-bond acceptors (Lipinski definition) is 5. The lowest BCUT2D eigenvalue weighted by molar-refractivity contribution is -0.121. The molecule has 6 heteroatoms. The summed E-state index contributed by atoms with van der Waals surface area (Å²) in [5.41, 5.74) is 0.244. The Hall–Kier alpha value is -2.24. The summed E-state index contributed by atoms with van der Waals surface area (Å²) in [5.74, 6) is 0.220. The van der Waals surface area contributed by atoms with Crippen LogP contribution in [0.3, 0.4) is 0 Å². The van der Waals surface area contributed by atoms with Crippen molar-refractivity contribution < 1.29 is 23.8 Å². The van der Waals surface area contributed by atoms with E-state index in [0.717, 1.165) is 25.7 Å². The first-order valence-corrected chi connectivity index (χ1v) is 8.28. The molecule has 0 heterocycles. The molecule has 0 saturated carbocycles. The second-order valence-electron chi connectivity index (χ2n) is 5.33. The van der Waals surface area contributed by atoms with Gasteiger partial charge in [0.05, 0.1) is 20.8 Å². The van der Waals surface area contributed by atoms with Gasteiger partial charge in [0.2, 0.25) is 5.91 Å². The van der Waals surface area contributed by atoms with Gasteiger partial charge in [0.1, 0.15) is 23.7 Å². The van der Waals surface area contributed by atoms with E-state index in [-0.39, 0.29) is 24.6 Å². The predicted molar refractivity (Wildman–Crippen MR) is 91.6 cm³/mol. The number of nitrogens with one attached hydrogen (secondary N) is 1. The quantitative estimate of drug-likeness (QED) is 0.496. The Kier molecular flexibility index (Phi) is 9.34. The normalized spacial score (nSPS) is 10.1. The highest BCUT2D eigenvalue weighted by molar-refractivity contribution is 5.95. The Balaban J connectivity index is 2.38. The summed E-state index contributed by atoms with van der Waals surface area (Å²) in [5, 5.41) is 2.74. The molecule has 1 aromatic rings. The molecule has 0 unspecified atom stereocenters. The number of carbonyl (C=O) groups is 2. The van der Waals surface area contributed by atoms with Crippen molar-refractivity contribution in [3.8, 4) is 11.5 Å². The standard InChI is InChI=1S/C18H27NO5/c1-4-5-6-7-11-16(20)19-12-13-24-18(21)17-14(22-2)9-8-10-15(17)23-3/h8-10H,4-7,11-13H2,1-3H3,(H,19,20). The minimum atomic E-state index is -0.540. The van der Waals surface area contributed by atoms with Crippen molar-refractivity contribution in [1.29, 1.82) is 0 Å². The number of unbranched alkanes of at least 4 members (excludes halogenated alkanes) is 3. The van der Waals surface area contributed by atoms with Crippen molar-refractivity contribution in [2.24, 2.45) is 0 Å². The number of benzene rings is 1. The Morgan fingerprint density at radius 2 is 1.71 bits per heavy atom. The van der Waals surface area contributed by atoms with E-state index >= 15 is 0 Å². The summed E-state index contributed by atoms with van der Waals surface area (Å²) >= 11 is 0. The molecule has 6 nitrogen and oxygen atoms in total. The number of amides is 1. The van der Waals surface area contributed by atoms with E-state index in [9.17, 15) is 9.59 Å². The third-order valence-electron chi connectivity index (χ3n) is 3.55. The lowest BCUT2D eigenvalue weighted by atomic mass is 10.1. The minimum absolute atomic E-state index is 0.0166. The van der Waals surface area contributed by atoms with E-state index in [4.69, 9.17) is 14.2 Å². The summed E-state index contributed by atoms with van der Waals surface area (Å²) < 4.78 is 15.5. The van der Waals surface area contributed by atoms with Gasteiger partial charge in [-0.15, -0.1) is 0 Å². The second-order valence-corrected chi connectivity index (χ2v) is 5.33. The maximum absolute atomic E-state index is 12.2. The molecule has 0 bridgehead atoms. The average molecular weight is 337 g/mol. The second kappa shape index (κ2) is 11.3. The van der Waals surface area contributed by atoms with Crippen LogP contribution in [0.2, 0.25) is 0 Å². The van der Waals surface area contributed by atoms with Crippen molar-refractivity contribution >= 4 is 11.9 Å². The van der Waals surface area contributed by atoms with Crippen molar-refractivity contribution in [1.82, 2.24) is 5.32 Å². The third kappa shape index (κ3) is 6.48. The van der Waals surface area contributed by atoms with E-state index in [0.29, 0.717) is 17.9 Å². The zero-order valence-corrected chi connectivity index (χ0v) is 14.7. The van der Waals surface area contributed by atoms with Gasteiger partial charge in [-0.2, -0.15) is 0 Å². The van der Waals surface area contributed by atoms with Crippen LogP contribution < -0.4 is 14.8 Å². The lowest BCUT2D eigenvalue weighted by Gasteiger charge is -2.12. The SMILES string of the molecule is CCCCCCC(=O)NCCOC(=O)c1c(OC)cccc1OC. The fraction of sp³-hybridized carbons (Fsp3) is 0.556. The molecule has 0 fully saturated rings. The van der Waals surface area contributed by atoms with Gasteiger partial charge in [-0.25, -0.2) is 4.79 Å². The van der Waals surface area contributed by atoms with Gasteiger partial charge < -0.3 is 19.5 Å². The number of hydrogen-bond donors (Lipinski definition) is 1. The molecule has 134 valence electrons. The highest BCUT2D eigenvalue weighted by Gasteiger charge is 2.19. The molecule has 1 aromatic carbocycles. The Bertz CT molecular complexity index is 508. The lowest BCUT2D eigenvalue weighted by Crippen LogP contribution is -2.27. The Morgan fingerprint density at radius 1 is 1.04 bits per heavy atom. The van der Waals surface area contributed by atoms with Gasteiger partial charge in [-0.1, -0.05) is 32.3 Å². The van der Waals surface area contributed by atoms with Crippen molar-refractivity contribution in [3.63, 3.8) is 0 Å². The largest absolute Gasteiger partial charge is 0.496 e. The maximum Gasteiger partial charge on any atom is 0.345 e. The summed E-state index contributed by atoms with van der Waals surface area (Å²) in [7, 11) is 2.95. The first-order chi connectivity index (χ1) is 11.6. The third-order valence-corrected chi connectivity index (χ3v) is 3.55. The molecule has 0 radical (unpaired) electrons. The van der Waals surface area contributed by atoms with E-state index in [1.54, 1.807) is 18.2 Å². The predicted octanol–water partition coefficient (Wildman–Crippen LogP) is 2.95. The molecule has 1 N–H and O–H groups in total. The summed E-state index contributed by atoms with van der Waals surface area (Å²) in [6.07, 6.45) is 4.74. The topological polar surface area (TPSA) is 73.9 Å². The van der Waals surface area contributed by atoms with Crippen LogP contribution in [-0.2, 0) is 9.53 Å². The van der Waals surface area contributed by atoms with Crippen LogP contribution in [0.4, 0.5) is 0 Å². The van der Waals surface area contributed by atoms with Gasteiger partial charge >= 0.3 is 5.97 Å². The van der Waals surface area contributed by atoms with Crippen LogP contribution in [-0.4, -0.2) is 39.2 Å². The molecular weight excluding hydrogens is 310 g/mol. The smallest absolute Gasteiger partial charge is 0.345 e. The minimum Gasteiger partial charge on any atom is -0.496 e. The number of rotatable bonds is 11. The molecule has 0 aliphatic rings.